The Bertz CT molecular complexity index is 458. The van der Waals surface area contributed by atoms with Crippen molar-refractivity contribution in [1.29, 1.82) is 0 Å². The summed E-state index contributed by atoms with van der Waals surface area (Å²) in [6, 6.07) is -0.0866. The van der Waals surface area contributed by atoms with Crippen molar-refractivity contribution in [2.75, 3.05) is 0 Å². The highest BCUT2D eigenvalue weighted by molar-refractivity contribution is 5.33. The maximum absolute atomic E-state index is 12.9. The number of alkyl halides is 5. The van der Waals surface area contributed by atoms with Gasteiger partial charge in [0.05, 0.1) is 6.07 Å². The molecule has 0 aliphatic rings. The summed E-state index contributed by atoms with van der Waals surface area (Å²) >= 11 is 0. The molecule has 1 aromatic heterocycles. The number of hydrogen-bond donors (Lipinski definition) is 0. The lowest BCUT2D eigenvalue weighted by Gasteiger charge is -2.08. The molecule has 17 heavy (non-hydrogen) atoms. The summed E-state index contributed by atoms with van der Waals surface area (Å²) in [5, 5.41) is 10.1. The Morgan fingerprint density at radius 3 is 2.24 bits per heavy atom. The van der Waals surface area contributed by atoms with Crippen LogP contribution in [0.1, 0.15) is 17.7 Å². The van der Waals surface area contributed by atoms with Crippen molar-refractivity contribution in [3.05, 3.63) is 33.3 Å². The molecule has 0 bridgehead atoms. The molecule has 0 amide bonds. The summed E-state index contributed by atoms with van der Waals surface area (Å²) in [5.74, 6) is -3.51. The molecular formula is C7H2F6N2O2. The van der Waals surface area contributed by atoms with Gasteiger partial charge in [0.15, 0.2) is 0 Å². The van der Waals surface area contributed by atoms with E-state index in [-0.39, 0.29) is 6.07 Å². The fourth-order valence-electron chi connectivity index (χ4n) is 1.03. The van der Waals surface area contributed by atoms with Crippen LogP contribution in [-0.4, -0.2) is 9.91 Å². The number of halogens is 6. The zero-order chi connectivity index (χ0) is 13.4. The van der Waals surface area contributed by atoms with Crippen LogP contribution in [0.3, 0.4) is 0 Å². The Hall–Kier alpha value is -1.87. The lowest BCUT2D eigenvalue weighted by atomic mass is 10.1. The Kier molecular flexibility index (Phi) is 3.25. The molecule has 0 atom stereocenters. The number of aromatic nitrogens is 1. The van der Waals surface area contributed by atoms with Gasteiger partial charge in [0.2, 0.25) is 0 Å². The van der Waals surface area contributed by atoms with Gasteiger partial charge in [-0.15, -0.1) is 0 Å². The van der Waals surface area contributed by atoms with Crippen LogP contribution in [0.4, 0.5) is 32.2 Å². The first-order valence-electron chi connectivity index (χ1n) is 3.84. The Morgan fingerprint density at radius 2 is 1.88 bits per heavy atom. The maximum Gasteiger partial charge on any atom is 0.458 e. The van der Waals surface area contributed by atoms with Crippen LogP contribution in [0.2, 0.25) is 0 Å². The summed E-state index contributed by atoms with van der Waals surface area (Å²) in [7, 11) is 0. The van der Waals surface area contributed by atoms with Gasteiger partial charge in [-0.3, -0.25) is 0 Å². The number of rotatable bonds is 2. The van der Waals surface area contributed by atoms with E-state index in [0.29, 0.717) is 0 Å². The molecule has 0 saturated heterocycles. The number of pyridine rings is 1. The van der Waals surface area contributed by atoms with E-state index >= 15 is 0 Å². The van der Waals surface area contributed by atoms with Crippen LogP contribution in [0.25, 0.3) is 0 Å². The summed E-state index contributed by atoms with van der Waals surface area (Å²) in [4.78, 5) is 11.1. The monoisotopic (exact) mass is 260 g/mol. The minimum atomic E-state index is -5.40. The van der Waals surface area contributed by atoms with E-state index in [2.05, 4.69) is 4.98 Å². The molecule has 0 radical (unpaired) electrons. The van der Waals surface area contributed by atoms with Crippen molar-refractivity contribution < 1.29 is 31.3 Å². The second kappa shape index (κ2) is 4.18. The second-order valence-corrected chi connectivity index (χ2v) is 2.78. The standard InChI is InChI=1S/C7H2F6N2O2/c8-2-1-3(15(16)17)14-5(7(11,12)13)4(2)6(9)10/h1,6H. The van der Waals surface area contributed by atoms with E-state index in [9.17, 15) is 36.5 Å². The van der Waals surface area contributed by atoms with Crippen molar-refractivity contribution in [3.8, 4) is 0 Å². The molecular weight excluding hydrogens is 258 g/mol. The Balaban J connectivity index is 3.57. The van der Waals surface area contributed by atoms with Crippen molar-refractivity contribution in [2.24, 2.45) is 0 Å². The molecule has 0 aliphatic carbocycles. The quantitative estimate of drug-likeness (QED) is 0.466. The predicted octanol–water partition coefficient (Wildman–Crippen LogP) is 3.09. The second-order valence-electron chi connectivity index (χ2n) is 2.78. The van der Waals surface area contributed by atoms with Gasteiger partial charge in [0.25, 0.3) is 12.1 Å². The number of nitrogens with zero attached hydrogens (tertiary/aromatic N) is 2. The third-order valence-corrected chi connectivity index (χ3v) is 1.67. The van der Waals surface area contributed by atoms with Crippen LogP contribution < -0.4 is 0 Å². The molecule has 0 spiro atoms. The summed E-state index contributed by atoms with van der Waals surface area (Å²) in [5.41, 5.74) is -4.29. The van der Waals surface area contributed by atoms with Crippen LogP contribution in [-0.2, 0) is 6.18 Å². The molecule has 4 nitrogen and oxygen atoms in total. The van der Waals surface area contributed by atoms with E-state index in [1.165, 1.54) is 0 Å². The van der Waals surface area contributed by atoms with Crippen LogP contribution in [0.15, 0.2) is 6.07 Å². The third kappa shape index (κ3) is 2.63. The molecule has 94 valence electrons. The van der Waals surface area contributed by atoms with E-state index in [0.717, 1.165) is 0 Å². The third-order valence-electron chi connectivity index (χ3n) is 1.67. The van der Waals surface area contributed by atoms with E-state index in [4.69, 9.17) is 0 Å². The fourth-order valence-corrected chi connectivity index (χ4v) is 1.03. The maximum atomic E-state index is 12.9. The van der Waals surface area contributed by atoms with Gasteiger partial charge in [-0.25, -0.2) is 13.2 Å². The largest absolute Gasteiger partial charge is 0.458 e. The molecule has 0 aromatic carbocycles. The first kappa shape index (κ1) is 13.2. The Morgan fingerprint density at radius 1 is 1.35 bits per heavy atom. The van der Waals surface area contributed by atoms with E-state index < -0.39 is 40.4 Å². The van der Waals surface area contributed by atoms with Crippen molar-refractivity contribution in [3.63, 3.8) is 0 Å². The summed E-state index contributed by atoms with van der Waals surface area (Å²) < 4.78 is 74.1. The fraction of sp³-hybridized carbons (Fsp3) is 0.286. The molecule has 10 heteroatoms. The van der Waals surface area contributed by atoms with Crippen LogP contribution in [0, 0.1) is 15.9 Å². The molecule has 0 N–H and O–H groups in total. The lowest BCUT2D eigenvalue weighted by molar-refractivity contribution is -0.390. The zero-order valence-electron chi connectivity index (χ0n) is 7.63. The molecule has 0 fully saturated rings. The van der Waals surface area contributed by atoms with E-state index in [1.807, 2.05) is 0 Å². The SMILES string of the molecule is O=[N+]([O-])c1cc(F)c(C(F)F)c(C(F)(F)F)n1. The van der Waals surface area contributed by atoms with E-state index in [1.54, 1.807) is 0 Å². The first-order chi connectivity index (χ1) is 7.64. The summed E-state index contributed by atoms with van der Waals surface area (Å²) in [6.07, 6.45) is -9.18. The minimum absolute atomic E-state index is 0.0866. The van der Waals surface area contributed by atoms with Gasteiger partial charge in [-0.1, -0.05) is 0 Å². The van der Waals surface area contributed by atoms with Crippen LogP contribution >= 0.6 is 0 Å². The average Bonchev–Trinajstić information content (AvgIpc) is 2.14. The highest BCUT2D eigenvalue weighted by Crippen LogP contribution is 2.37. The first-order valence-corrected chi connectivity index (χ1v) is 3.84. The highest BCUT2D eigenvalue weighted by Gasteiger charge is 2.45. The number of hydrogen-bond acceptors (Lipinski definition) is 3. The van der Waals surface area contributed by atoms with Crippen molar-refractivity contribution in [1.82, 2.24) is 4.98 Å². The van der Waals surface area contributed by atoms with Gasteiger partial charge in [0, 0.05) is 0 Å². The van der Waals surface area contributed by atoms with Gasteiger partial charge < -0.3 is 10.1 Å². The predicted molar refractivity (Wildman–Crippen MR) is 40.8 cm³/mol. The zero-order valence-corrected chi connectivity index (χ0v) is 7.63. The highest BCUT2D eigenvalue weighted by atomic mass is 19.4. The smallest absolute Gasteiger partial charge is 0.358 e. The summed E-state index contributed by atoms with van der Waals surface area (Å²) in [6.45, 7) is 0. The Labute approximate surface area is 89.0 Å². The molecule has 1 heterocycles. The molecule has 0 saturated carbocycles. The van der Waals surface area contributed by atoms with Gasteiger partial charge in [-0.2, -0.15) is 13.2 Å². The normalized spacial score (nSPS) is 11.9. The van der Waals surface area contributed by atoms with Crippen LogP contribution in [0.5, 0.6) is 0 Å². The van der Waals surface area contributed by atoms with Gasteiger partial charge in [0.1, 0.15) is 11.4 Å². The minimum Gasteiger partial charge on any atom is -0.358 e. The molecule has 1 aromatic rings. The number of nitro groups is 1. The van der Waals surface area contributed by atoms with Crippen molar-refractivity contribution >= 4 is 5.82 Å². The molecule has 1 rings (SSSR count). The lowest BCUT2D eigenvalue weighted by Crippen LogP contribution is -2.15. The van der Waals surface area contributed by atoms with Crippen molar-refractivity contribution in [2.45, 2.75) is 12.6 Å². The molecule has 0 aliphatic heterocycles. The molecule has 0 unspecified atom stereocenters. The van der Waals surface area contributed by atoms with Gasteiger partial charge in [-0.05, 0) is 9.91 Å². The average molecular weight is 260 g/mol. The van der Waals surface area contributed by atoms with Gasteiger partial charge >= 0.3 is 12.0 Å². The topological polar surface area (TPSA) is 56.0 Å².